The first-order valence-corrected chi connectivity index (χ1v) is 29.8. The van der Waals surface area contributed by atoms with E-state index in [2.05, 4.69) is 108 Å². The number of aliphatic hydroxyl groups is 1. The zero-order valence-electron chi connectivity index (χ0n) is 44.7. The number of alkyl halides is 1. The Hall–Kier alpha value is -3.80. The molecular weight excluding hydrogens is 1090 g/mol. The maximum absolute atomic E-state index is 12.4. The summed E-state index contributed by atoms with van der Waals surface area (Å²) < 4.78 is 62.6. The number of benzene rings is 3. The van der Waals surface area contributed by atoms with Gasteiger partial charge in [-0.2, -0.15) is 8.42 Å². The van der Waals surface area contributed by atoms with Crippen LogP contribution in [-0.4, -0.2) is 108 Å². The SMILES string of the molecule is C=CCC(C)(C)c1cc(SOC)ccc1[NH2+]CCS(=O)OC.CO.COSc1ccc2c(c1)C(C)(C)C(=C/C=C1\CCCC(C)=C1Oc1ccc(CCC(=O)NCCCNC(=O)CBr)cc1)N2CCS(=O)(=O)OC. The third-order valence-electron chi connectivity index (χ3n) is 12.3. The van der Waals surface area contributed by atoms with E-state index in [1.54, 1.807) is 14.2 Å². The highest BCUT2D eigenvalue weighted by Crippen LogP contribution is 2.49. The second-order valence-corrected chi connectivity index (χ2v) is 24.0. The molecule has 0 spiro atoms. The van der Waals surface area contributed by atoms with Crippen LogP contribution in [0.4, 0.5) is 11.4 Å². The van der Waals surface area contributed by atoms with Crippen LogP contribution in [0.2, 0.25) is 0 Å². The molecular formula is C54H78BrN4O11S4+. The summed E-state index contributed by atoms with van der Waals surface area (Å²) in [5.74, 6) is 1.85. The van der Waals surface area contributed by atoms with Crippen LogP contribution in [0.15, 0.2) is 118 Å². The van der Waals surface area contributed by atoms with Crippen LogP contribution in [0.3, 0.4) is 0 Å². The molecule has 2 aliphatic rings. The quantitative estimate of drug-likeness (QED) is 0.0141. The molecule has 0 radical (unpaired) electrons. The third-order valence-corrected chi connectivity index (χ3v) is 16.2. The molecule has 1 unspecified atom stereocenters. The van der Waals surface area contributed by atoms with Crippen molar-refractivity contribution in [2.75, 3.05) is 83.5 Å². The van der Waals surface area contributed by atoms with Crippen molar-refractivity contribution in [3.8, 4) is 5.75 Å². The Kier molecular flexibility index (Phi) is 28.5. The maximum Gasteiger partial charge on any atom is 0.268 e. The Morgan fingerprint density at radius 3 is 2.22 bits per heavy atom. The number of allylic oxidation sites excluding steroid dienone is 6. The number of fused-ring (bicyclic) bond motifs is 1. The Labute approximate surface area is 460 Å². The maximum atomic E-state index is 12.4. The van der Waals surface area contributed by atoms with Crippen LogP contribution in [0.5, 0.6) is 5.75 Å². The van der Waals surface area contributed by atoms with Crippen molar-refractivity contribution in [2.45, 2.75) is 100 Å². The molecule has 0 aromatic heterocycles. The van der Waals surface area contributed by atoms with Crippen molar-refractivity contribution < 1.29 is 54.1 Å². The number of ether oxygens (including phenoxy) is 1. The normalized spacial score (nSPS) is 15.6. The number of hydrogen-bond acceptors (Lipinski definition) is 14. The van der Waals surface area contributed by atoms with Gasteiger partial charge in [-0.3, -0.25) is 18.0 Å². The van der Waals surface area contributed by atoms with Gasteiger partial charge in [-0.25, -0.2) is 4.21 Å². The van der Waals surface area contributed by atoms with Gasteiger partial charge in [0.1, 0.15) is 17.2 Å². The van der Waals surface area contributed by atoms with Crippen LogP contribution in [-0.2, 0) is 64.8 Å². The van der Waals surface area contributed by atoms with Crippen LogP contribution in [0, 0.1) is 0 Å². The van der Waals surface area contributed by atoms with Crippen molar-refractivity contribution in [3.05, 3.63) is 125 Å². The number of quaternary nitrogens is 1. The zero-order valence-corrected chi connectivity index (χ0v) is 49.5. The number of aryl methyl sites for hydroxylation is 1. The molecule has 15 nitrogen and oxygen atoms in total. The van der Waals surface area contributed by atoms with Gasteiger partial charge in [0, 0.05) is 95.5 Å². The van der Waals surface area contributed by atoms with Gasteiger partial charge in [-0.05, 0) is 122 Å². The number of rotatable bonds is 27. The molecule has 0 saturated heterocycles. The topological polar surface area (TPSA) is 196 Å². The number of carbonyl (C=O) groups excluding carboxylic acids is 2. The average Bonchev–Trinajstić information content (AvgIpc) is 3.60. The number of halogens is 1. The van der Waals surface area contributed by atoms with E-state index in [9.17, 15) is 22.2 Å². The second-order valence-electron chi connectivity index (χ2n) is 18.3. The lowest BCUT2D eigenvalue weighted by molar-refractivity contribution is -0.567. The number of nitrogens with one attached hydrogen (secondary N) is 2. The highest BCUT2D eigenvalue weighted by molar-refractivity contribution is 9.09. The molecule has 0 saturated carbocycles. The molecule has 2 amide bonds. The summed E-state index contributed by atoms with van der Waals surface area (Å²) in [6.45, 7) is 16.7. The molecule has 410 valence electrons. The summed E-state index contributed by atoms with van der Waals surface area (Å²) in [5.41, 5.74) is 8.34. The molecule has 1 aliphatic carbocycles. The number of nitrogens with zero attached hydrogens (tertiary/aromatic N) is 1. The van der Waals surface area contributed by atoms with E-state index >= 15 is 0 Å². The first-order valence-electron chi connectivity index (χ1n) is 24.4. The molecule has 1 atom stereocenters. The average molecular weight is 1170 g/mol. The minimum atomic E-state index is -3.66. The molecule has 5 rings (SSSR count). The Morgan fingerprint density at radius 1 is 0.946 bits per heavy atom. The lowest BCUT2D eigenvalue weighted by Gasteiger charge is -2.27. The summed E-state index contributed by atoms with van der Waals surface area (Å²) in [7, 11) is 3.30. The number of hydrogen-bond donors (Lipinski definition) is 4. The van der Waals surface area contributed by atoms with Gasteiger partial charge in [0.05, 0.1) is 51.8 Å². The molecule has 0 fully saturated rings. The van der Waals surface area contributed by atoms with E-state index in [4.69, 9.17) is 26.6 Å². The van der Waals surface area contributed by atoms with E-state index in [1.165, 1.54) is 55.1 Å². The summed E-state index contributed by atoms with van der Waals surface area (Å²) in [6.07, 6.45) is 11.5. The lowest BCUT2D eigenvalue weighted by Crippen LogP contribution is -2.79. The van der Waals surface area contributed by atoms with Gasteiger partial charge in [0.15, 0.2) is 11.1 Å². The summed E-state index contributed by atoms with van der Waals surface area (Å²) in [6, 6.07) is 20.3. The van der Waals surface area contributed by atoms with Crippen LogP contribution < -0.4 is 25.6 Å². The molecule has 0 bridgehead atoms. The molecule has 3 aromatic carbocycles. The standard InChI is InChI=1S/C37H48BrN3O7S2.C16H25NO3S2.CH4O/c1-26-8-6-9-28(36(26)48-29-14-10-27(11-15-29)12-19-34(42)39-20-7-21-40-35(43)25-38)13-18-33-37(2,3)31-24-30(49-46-4)16-17-32(31)41(33)22-23-50(44,45)47-5;1-6-9-16(2,3)14-12-13(21-19-4)7-8-15(14)17-10-11-22(18)20-5;1-2/h10-11,13-18,24H,6-9,12,19-23,25H2,1-5H3,(H,39,42)(H,40,43);6-8,12,17H,1,9-11H2,2-5H3;2H,1H3/p+1/b28-13+,33-18?;;. The number of amides is 2. The van der Waals surface area contributed by atoms with Gasteiger partial charge >= 0.3 is 0 Å². The van der Waals surface area contributed by atoms with Crippen molar-refractivity contribution in [2.24, 2.45) is 0 Å². The summed E-state index contributed by atoms with van der Waals surface area (Å²) >= 11 is 4.55. The predicted molar refractivity (Wildman–Crippen MR) is 305 cm³/mol. The molecule has 74 heavy (non-hydrogen) atoms. The van der Waals surface area contributed by atoms with E-state index in [0.717, 1.165) is 82.2 Å². The highest BCUT2D eigenvalue weighted by atomic mass is 79.9. The van der Waals surface area contributed by atoms with Crippen LogP contribution in [0.1, 0.15) is 89.8 Å². The number of aliphatic hydroxyl groups excluding tert-OH is 1. The molecule has 1 heterocycles. The van der Waals surface area contributed by atoms with Gasteiger partial charge in [0.2, 0.25) is 11.8 Å². The predicted octanol–water partition coefficient (Wildman–Crippen LogP) is 9.02. The Morgan fingerprint density at radius 2 is 1.59 bits per heavy atom. The number of nitrogens with two attached hydrogens (primary N) is 1. The fourth-order valence-corrected chi connectivity index (χ4v) is 10.7. The van der Waals surface area contributed by atoms with E-state index in [1.807, 2.05) is 48.5 Å². The fourth-order valence-electron chi connectivity index (χ4n) is 8.46. The van der Waals surface area contributed by atoms with Gasteiger partial charge < -0.3 is 39.1 Å². The summed E-state index contributed by atoms with van der Waals surface area (Å²) in [4.78, 5) is 27.7. The largest absolute Gasteiger partial charge is 0.457 e. The van der Waals surface area contributed by atoms with Gasteiger partial charge in [-0.1, -0.05) is 67.9 Å². The first kappa shape index (κ1) is 64.5. The molecule has 5 N–H and O–H groups in total. The second kappa shape index (κ2) is 32.7. The Bertz CT molecular complexity index is 2530. The van der Waals surface area contributed by atoms with Crippen LogP contribution in [0.25, 0.3) is 0 Å². The highest BCUT2D eigenvalue weighted by Gasteiger charge is 2.40. The molecule has 1 aliphatic heterocycles. The van der Waals surface area contributed by atoms with Gasteiger partial charge in [-0.15, -0.1) is 6.58 Å². The van der Waals surface area contributed by atoms with E-state index in [0.29, 0.717) is 44.6 Å². The summed E-state index contributed by atoms with van der Waals surface area (Å²) in [5, 5.41) is 15.1. The monoisotopic (exact) mass is 1170 g/mol. The Balaban J connectivity index is 0.000000503. The minimum absolute atomic E-state index is 0.0156. The first-order chi connectivity index (χ1) is 35.3. The van der Waals surface area contributed by atoms with Crippen molar-refractivity contribution in [3.63, 3.8) is 0 Å². The zero-order chi connectivity index (χ0) is 54.9. The smallest absolute Gasteiger partial charge is 0.268 e. The van der Waals surface area contributed by atoms with E-state index in [-0.39, 0.29) is 34.9 Å². The van der Waals surface area contributed by atoms with Crippen LogP contribution >= 0.6 is 40.0 Å². The fraction of sp³-hybridized carbons (Fsp3) is 0.481. The van der Waals surface area contributed by atoms with Gasteiger partial charge in [0.25, 0.3) is 10.1 Å². The van der Waals surface area contributed by atoms with Crippen molar-refractivity contribution in [1.82, 2.24) is 10.6 Å². The van der Waals surface area contributed by atoms with Crippen molar-refractivity contribution >= 4 is 84.4 Å². The lowest BCUT2D eigenvalue weighted by atomic mass is 9.80. The minimum Gasteiger partial charge on any atom is -0.457 e. The molecule has 3 aromatic rings. The van der Waals surface area contributed by atoms with E-state index < -0.39 is 26.6 Å². The number of anilines is 1. The van der Waals surface area contributed by atoms with Crippen molar-refractivity contribution in [1.29, 1.82) is 0 Å². The third kappa shape index (κ3) is 20.3. The number of carbonyl (C=O) groups is 2. The molecule has 20 heteroatoms.